The lowest BCUT2D eigenvalue weighted by atomic mass is 10.3. The maximum Gasteiger partial charge on any atom is 0.291 e. The molecule has 0 fully saturated rings. The van der Waals surface area contributed by atoms with Gasteiger partial charge in [-0.2, -0.15) is 0 Å². The zero-order valence-electron chi connectivity index (χ0n) is 14.1. The summed E-state index contributed by atoms with van der Waals surface area (Å²) in [6, 6.07) is 15.5. The first kappa shape index (κ1) is 19.0. The molecule has 2 aromatic carbocycles. The van der Waals surface area contributed by atoms with E-state index in [1.807, 2.05) is 0 Å². The number of hydrogen-bond acceptors (Lipinski definition) is 5. The van der Waals surface area contributed by atoms with Crippen molar-refractivity contribution < 1.29 is 22.4 Å². The Kier molecular flexibility index (Phi) is 5.52. The van der Waals surface area contributed by atoms with Crippen molar-refractivity contribution in [3.63, 3.8) is 0 Å². The fourth-order valence-corrected chi connectivity index (χ4v) is 3.58. The van der Waals surface area contributed by atoms with E-state index in [0.29, 0.717) is 21.8 Å². The molecule has 0 saturated carbocycles. The van der Waals surface area contributed by atoms with Gasteiger partial charge in [0.2, 0.25) is 0 Å². The summed E-state index contributed by atoms with van der Waals surface area (Å²) in [7, 11) is -2.22. The smallest absolute Gasteiger partial charge is 0.291 e. The minimum Gasteiger partial charge on any atom is -0.497 e. The van der Waals surface area contributed by atoms with Gasteiger partial charge in [0.15, 0.2) is 10.4 Å². The van der Waals surface area contributed by atoms with Crippen molar-refractivity contribution in [1.29, 1.82) is 0 Å². The molecule has 2 N–H and O–H groups in total. The highest BCUT2D eigenvalue weighted by Gasteiger charge is 2.15. The lowest BCUT2D eigenvalue weighted by Crippen LogP contribution is -2.14. The van der Waals surface area contributed by atoms with Gasteiger partial charge in [0, 0.05) is 11.4 Å². The van der Waals surface area contributed by atoms with Crippen LogP contribution < -0.4 is 14.8 Å². The molecule has 0 spiro atoms. The molecule has 0 atom stereocenters. The average molecular weight is 451 g/mol. The number of carbonyl (C=O) groups is 1. The SMILES string of the molecule is COc1ccc(NS(=O)(=O)c2ccc(NC(=O)c3ccc(Br)o3)cc2)cc1. The molecule has 1 amide bonds. The molecule has 3 rings (SSSR count). The summed E-state index contributed by atoms with van der Waals surface area (Å²) in [4.78, 5) is 12.1. The molecule has 0 aliphatic carbocycles. The normalized spacial score (nSPS) is 11.0. The first-order chi connectivity index (χ1) is 12.9. The Balaban J connectivity index is 1.70. The van der Waals surface area contributed by atoms with Crippen molar-refractivity contribution in [3.05, 3.63) is 71.1 Å². The van der Waals surface area contributed by atoms with E-state index in [4.69, 9.17) is 9.15 Å². The van der Waals surface area contributed by atoms with Gasteiger partial charge in [-0.3, -0.25) is 9.52 Å². The molecule has 9 heteroatoms. The van der Waals surface area contributed by atoms with Crippen molar-refractivity contribution in [1.82, 2.24) is 0 Å². The van der Waals surface area contributed by atoms with Gasteiger partial charge in [0.05, 0.1) is 12.0 Å². The molecule has 140 valence electrons. The third-order valence-electron chi connectivity index (χ3n) is 3.56. The number of amides is 1. The molecule has 0 bridgehead atoms. The summed E-state index contributed by atoms with van der Waals surface area (Å²) in [6.45, 7) is 0. The molecule has 0 saturated heterocycles. The number of sulfonamides is 1. The highest BCUT2D eigenvalue weighted by molar-refractivity contribution is 9.10. The lowest BCUT2D eigenvalue weighted by Gasteiger charge is -2.10. The number of anilines is 2. The van der Waals surface area contributed by atoms with Gasteiger partial charge < -0.3 is 14.5 Å². The number of rotatable bonds is 6. The number of methoxy groups -OCH3 is 1. The largest absolute Gasteiger partial charge is 0.497 e. The van der Waals surface area contributed by atoms with E-state index in [0.717, 1.165) is 0 Å². The molecule has 0 aliphatic heterocycles. The maximum absolute atomic E-state index is 12.5. The van der Waals surface area contributed by atoms with Crippen LogP contribution in [0.3, 0.4) is 0 Å². The van der Waals surface area contributed by atoms with Crippen molar-refractivity contribution in [2.45, 2.75) is 4.90 Å². The van der Waals surface area contributed by atoms with Crippen LogP contribution in [-0.4, -0.2) is 21.4 Å². The van der Waals surface area contributed by atoms with Gasteiger partial charge >= 0.3 is 0 Å². The molecule has 3 aromatic rings. The number of nitrogens with one attached hydrogen (secondary N) is 2. The van der Waals surface area contributed by atoms with Crippen LogP contribution in [-0.2, 0) is 10.0 Å². The van der Waals surface area contributed by atoms with Gasteiger partial charge in [0.1, 0.15) is 5.75 Å². The Morgan fingerprint density at radius 3 is 2.15 bits per heavy atom. The minimum absolute atomic E-state index is 0.0667. The van der Waals surface area contributed by atoms with Crippen LogP contribution in [0.15, 0.2) is 74.6 Å². The fourth-order valence-electron chi connectivity index (χ4n) is 2.22. The minimum atomic E-state index is -3.76. The van der Waals surface area contributed by atoms with E-state index >= 15 is 0 Å². The molecular formula is C18H15BrN2O5S. The van der Waals surface area contributed by atoms with Crippen LogP contribution >= 0.6 is 15.9 Å². The van der Waals surface area contributed by atoms with Crippen LogP contribution in [0.4, 0.5) is 11.4 Å². The summed E-state index contributed by atoms with van der Waals surface area (Å²) < 4.78 is 38.1. The van der Waals surface area contributed by atoms with E-state index in [1.54, 1.807) is 30.3 Å². The van der Waals surface area contributed by atoms with Crippen LogP contribution in [0, 0.1) is 0 Å². The van der Waals surface area contributed by atoms with E-state index in [9.17, 15) is 13.2 Å². The number of benzene rings is 2. The van der Waals surface area contributed by atoms with Crippen LogP contribution in [0.5, 0.6) is 5.75 Å². The van der Waals surface area contributed by atoms with Crippen LogP contribution in [0.25, 0.3) is 0 Å². The zero-order valence-corrected chi connectivity index (χ0v) is 16.5. The molecule has 27 heavy (non-hydrogen) atoms. The van der Waals surface area contributed by atoms with Crippen LogP contribution in [0.2, 0.25) is 0 Å². The molecule has 0 radical (unpaired) electrons. The Morgan fingerprint density at radius 2 is 1.59 bits per heavy atom. The van der Waals surface area contributed by atoms with Crippen molar-refractivity contribution in [2.75, 3.05) is 17.1 Å². The summed E-state index contributed by atoms with van der Waals surface area (Å²) in [5.74, 6) is 0.328. The molecular weight excluding hydrogens is 436 g/mol. The third kappa shape index (κ3) is 4.69. The maximum atomic E-state index is 12.5. The van der Waals surface area contributed by atoms with Crippen molar-refractivity contribution >= 4 is 43.2 Å². The standard InChI is InChI=1S/C18H15BrN2O5S/c1-25-14-6-2-13(3-7-14)21-27(23,24)15-8-4-12(5-9-15)20-18(22)16-10-11-17(19)26-16/h2-11,21H,1H3,(H,20,22). The second kappa shape index (κ2) is 7.85. The number of ether oxygens (including phenoxy) is 1. The Bertz CT molecular complexity index is 1040. The number of furan rings is 1. The monoisotopic (exact) mass is 450 g/mol. The Hall–Kier alpha value is -2.78. The zero-order chi connectivity index (χ0) is 19.4. The fraction of sp³-hybridized carbons (Fsp3) is 0.0556. The number of halogens is 1. The van der Waals surface area contributed by atoms with Gasteiger partial charge in [-0.15, -0.1) is 0 Å². The van der Waals surface area contributed by atoms with Gasteiger partial charge in [0.25, 0.3) is 15.9 Å². The predicted molar refractivity (Wildman–Crippen MR) is 105 cm³/mol. The van der Waals surface area contributed by atoms with Crippen molar-refractivity contribution in [3.8, 4) is 5.75 Å². The summed E-state index contributed by atoms with van der Waals surface area (Å²) in [5.41, 5.74) is 0.854. The second-order valence-electron chi connectivity index (χ2n) is 5.42. The van der Waals surface area contributed by atoms with Gasteiger partial charge in [-0.05, 0) is 76.6 Å². The molecule has 1 heterocycles. The summed E-state index contributed by atoms with van der Waals surface area (Å²) >= 11 is 3.13. The van der Waals surface area contributed by atoms with Gasteiger partial charge in [-0.1, -0.05) is 0 Å². The highest BCUT2D eigenvalue weighted by Crippen LogP contribution is 2.21. The first-order valence-corrected chi connectivity index (χ1v) is 9.98. The first-order valence-electron chi connectivity index (χ1n) is 7.71. The second-order valence-corrected chi connectivity index (χ2v) is 7.88. The van der Waals surface area contributed by atoms with E-state index in [2.05, 4.69) is 26.0 Å². The van der Waals surface area contributed by atoms with E-state index < -0.39 is 15.9 Å². The van der Waals surface area contributed by atoms with Gasteiger partial charge in [-0.25, -0.2) is 8.42 Å². The van der Waals surface area contributed by atoms with E-state index in [-0.39, 0.29) is 10.7 Å². The average Bonchev–Trinajstić information content (AvgIpc) is 3.09. The molecule has 0 aliphatic rings. The third-order valence-corrected chi connectivity index (χ3v) is 5.39. The number of carbonyl (C=O) groups excluding carboxylic acids is 1. The topological polar surface area (TPSA) is 97.6 Å². The summed E-state index contributed by atoms with van der Waals surface area (Å²) in [6.07, 6.45) is 0. The Morgan fingerprint density at radius 1 is 0.963 bits per heavy atom. The van der Waals surface area contributed by atoms with E-state index in [1.165, 1.54) is 37.4 Å². The van der Waals surface area contributed by atoms with Crippen molar-refractivity contribution in [2.24, 2.45) is 0 Å². The predicted octanol–water partition coefficient (Wildman–Crippen LogP) is 4.10. The summed E-state index contributed by atoms with van der Waals surface area (Å²) in [5, 5.41) is 2.63. The molecule has 0 unspecified atom stereocenters. The molecule has 1 aromatic heterocycles. The Labute approximate surface area is 164 Å². The molecule has 7 nitrogen and oxygen atoms in total. The highest BCUT2D eigenvalue weighted by atomic mass is 79.9. The quantitative estimate of drug-likeness (QED) is 0.588. The van der Waals surface area contributed by atoms with Crippen LogP contribution in [0.1, 0.15) is 10.6 Å². The lowest BCUT2D eigenvalue weighted by molar-refractivity contribution is 0.0995. The number of hydrogen-bond donors (Lipinski definition) is 2.